The van der Waals surface area contributed by atoms with Crippen molar-refractivity contribution in [3.05, 3.63) is 277 Å². The highest BCUT2D eigenvalue weighted by Gasteiger charge is 2.52. The van der Waals surface area contributed by atoms with Crippen molar-refractivity contribution in [1.29, 1.82) is 0 Å². The number of benzene rings is 10. The van der Waals surface area contributed by atoms with E-state index in [9.17, 15) is 0 Å². The van der Waals surface area contributed by atoms with E-state index in [4.69, 9.17) is 15.0 Å². The largest absolute Gasteiger partial charge is 0.310 e. The van der Waals surface area contributed by atoms with Gasteiger partial charge in [-0.2, -0.15) is 0 Å². The average molecular weight is 867 g/mol. The monoisotopic (exact) mass is 866 g/mol. The van der Waals surface area contributed by atoms with Gasteiger partial charge < -0.3 is 4.90 Å². The number of nitrogens with zero attached hydrogens (tertiary/aromatic N) is 4. The van der Waals surface area contributed by atoms with E-state index in [1.807, 2.05) is 36.4 Å². The Hall–Kier alpha value is -8.99. The van der Waals surface area contributed by atoms with Crippen LogP contribution in [0, 0.1) is 0 Å². The molecule has 0 aliphatic heterocycles. The summed E-state index contributed by atoms with van der Waals surface area (Å²) in [4.78, 5) is 17.9. The summed E-state index contributed by atoms with van der Waals surface area (Å²) in [6.07, 6.45) is 0. The molecule has 0 saturated carbocycles. The molecule has 0 N–H and O–H groups in total. The summed E-state index contributed by atoms with van der Waals surface area (Å²) in [5.41, 5.74) is 20.0. The van der Waals surface area contributed by atoms with Crippen LogP contribution >= 0.6 is 0 Å². The maximum atomic E-state index is 5.21. The van der Waals surface area contributed by atoms with Crippen molar-refractivity contribution in [2.24, 2.45) is 0 Å². The maximum Gasteiger partial charge on any atom is 0.164 e. The SMILES string of the molecule is c1ccc(-c2ccc(N(c3cccc(-c4ccccc4)c3)c3ccc4c(c3)C3(c5ccccc5-c5ccc(-c6nc(-c7ccccc7)nc(-c7ccccc7)n6)cc53)c3ccccc3-4)cc2)cc1. The summed E-state index contributed by atoms with van der Waals surface area (Å²) in [6, 6.07) is 91.4. The van der Waals surface area contributed by atoms with E-state index < -0.39 is 5.41 Å². The van der Waals surface area contributed by atoms with Crippen molar-refractivity contribution in [1.82, 2.24) is 15.0 Å². The molecular weight excluding hydrogens is 825 g/mol. The van der Waals surface area contributed by atoms with Crippen molar-refractivity contribution in [3.8, 4) is 78.7 Å². The van der Waals surface area contributed by atoms with Gasteiger partial charge in [0.15, 0.2) is 17.5 Å². The first-order chi connectivity index (χ1) is 33.7. The van der Waals surface area contributed by atoms with Crippen LogP contribution in [0.25, 0.3) is 78.7 Å². The number of aromatic nitrogens is 3. The van der Waals surface area contributed by atoms with Gasteiger partial charge in [-0.25, -0.2) is 15.0 Å². The van der Waals surface area contributed by atoms with E-state index in [2.05, 4.69) is 223 Å². The number of hydrogen-bond acceptors (Lipinski definition) is 4. The van der Waals surface area contributed by atoms with Crippen LogP contribution in [-0.2, 0) is 5.41 Å². The molecule has 0 fully saturated rings. The first-order valence-corrected chi connectivity index (χ1v) is 23.2. The van der Waals surface area contributed by atoms with Crippen LogP contribution in [0.15, 0.2) is 255 Å². The predicted molar refractivity (Wildman–Crippen MR) is 278 cm³/mol. The first kappa shape index (κ1) is 39.4. The molecule has 1 spiro atoms. The fourth-order valence-corrected chi connectivity index (χ4v) is 10.7. The average Bonchev–Trinajstić information content (AvgIpc) is 3.89. The molecule has 1 atom stereocenters. The molecule has 2 aliphatic rings. The van der Waals surface area contributed by atoms with Gasteiger partial charge in [-0.1, -0.05) is 212 Å². The molecule has 4 nitrogen and oxygen atoms in total. The first-order valence-electron chi connectivity index (χ1n) is 23.2. The lowest BCUT2D eigenvalue weighted by atomic mass is 9.70. The number of rotatable bonds is 8. The van der Waals surface area contributed by atoms with Crippen LogP contribution in [-0.4, -0.2) is 15.0 Å². The van der Waals surface area contributed by atoms with Crippen LogP contribution in [0.5, 0.6) is 0 Å². The highest BCUT2D eigenvalue weighted by atomic mass is 15.1. The van der Waals surface area contributed by atoms with Crippen LogP contribution in [0.4, 0.5) is 17.1 Å². The molecule has 13 rings (SSSR count). The van der Waals surface area contributed by atoms with Crippen molar-refractivity contribution >= 4 is 17.1 Å². The molecule has 0 radical (unpaired) electrons. The normalized spacial score (nSPS) is 13.9. The van der Waals surface area contributed by atoms with Crippen LogP contribution < -0.4 is 4.90 Å². The summed E-state index contributed by atoms with van der Waals surface area (Å²) in [6.45, 7) is 0. The highest BCUT2D eigenvalue weighted by Crippen LogP contribution is 2.63. The van der Waals surface area contributed by atoms with Gasteiger partial charge in [-0.05, 0) is 109 Å². The summed E-state index contributed by atoms with van der Waals surface area (Å²) in [5, 5.41) is 0. The number of fused-ring (bicyclic) bond motifs is 10. The molecular formula is C64H42N4. The lowest BCUT2D eigenvalue weighted by Gasteiger charge is -2.32. The van der Waals surface area contributed by atoms with Gasteiger partial charge in [-0.3, -0.25) is 0 Å². The van der Waals surface area contributed by atoms with E-state index in [0.29, 0.717) is 17.5 Å². The third-order valence-electron chi connectivity index (χ3n) is 13.7. The fraction of sp³-hybridized carbons (Fsp3) is 0.0156. The van der Waals surface area contributed by atoms with Crippen LogP contribution in [0.2, 0.25) is 0 Å². The van der Waals surface area contributed by atoms with Gasteiger partial charge in [0.05, 0.1) is 5.41 Å². The Kier molecular flexibility index (Phi) is 9.36. The number of hydrogen-bond donors (Lipinski definition) is 0. The van der Waals surface area contributed by atoms with Crippen LogP contribution in [0.3, 0.4) is 0 Å². The van der Waals surface area contributed by atoms with Crippen molar-refractivity contribution < 1.29 is 0 Å². The Labute approximate surface area is 396 Å². The molecule has 1 heterocycles. The summed E-state index contributed by atoms with van der Waals surface area (Å²) < 4.78 is 0. The molecule has 1 unspecified atom stereocenters. The summed E-state index contributed by atoms with van der Waals surface area (Å²) >= 11 is 0. The van der Waals surface area contributed by atoms with Crippen molar-refractivity contribution in [3.63, 3.8) is 0 Å². The van der Waals surface area contributed by atoms with Crippen molar-refractivity contribution in [2.75, 3.05) is 4.90 Å². The molecule has 0 saturated heterocycles. The van der Waals surface area contributed by atoms with E-state index in [1.165, 1.54) is 61.2 Å². The molecule has 11 aromatic rings. The standard InChI is InChI=1S/C64H42N4/c1-5-18-43(19-6-1)45-32-35-50(36-33-45)68(51-27-17-26-48(40-51)44-20-7-2-8-21-44)52-37-39-56-54-29-14-16-31-58(54)64(60(56)42-52)57-30-15-13-28-53(57)55-38-34-49(41-59(55)64)63-66-61(46-22-9-3-10-23-46)65-62(67-63)47-24-11-4-12-25-47/h1-42H. The van der Waals surface area contributed by atoms with Gasteiger partial charge in [-0.15, -0.1) is 0 Å². The Morgan fingerprint density at radius 3 is 1.19 bits per heavy atom. The van der Waals surface area contributed by atoms with E-state index in [1.54, 1.807) is 0 Å². The van der Waals surface area contributed by atoms with E-state index >= 15 is 0 Å². The second-order valence-electron chi connectivity index (χ2n) is 17.5. The highest BCUT2D eigenvalue weighted by molar-refractivity contribution is 5.97. The Balaban J connectivity index is 1.03. The third-order valence-corrected chi connectivity index (χ3v) is 13.7. The fourth-order valence-electron chi connectivity index (χ4n) is 10.7. The van der Waals surface area contributed by atoms with E-state index in [0.717, 1.165) is 39.3 Å². The quantitative estimate of drug-likeness (QED) is 0.153. The Morgan fingerprint density at radius 2 is 0.618 bits per heavy atom. The molecule has 4 heteroatoms. The molecule has 1 aromatic heterocycles. The summed E-state index contributed by atoms with van der Waals surface area (Å²) in [5.74, 6) is 1.92. The molecule has 10 aromatic carbocycles. The van der Waals surface area contributed by atoms with Crippen LogP contribution in [0.1, 0.15) is 22.3 Å². The third kappa shape index (κ3) is 6.41. The van der Waals surface area contributed by atoms with E-state index in [-0.39, 0.29) is 0 Å². The second kappa shape index (κ2) is 16.2. The molecule has 0 amide bonds. The molecule has 2 aliphatic carbocycles. The van der Waals surface area contributed by atoms with Crippen molar-refractivity contribution in [2.45, 2.75) is 5.41 Å². The lowest BCUT2D eigenvalue weighted by molar-refractivity contribution is 0.793. The maximum absolute atomic E-state index is 5.21. The zero-order valence-corrected chi connectivity index (χ0v) is 37.0. The lowest BCUT2D eigenvalue weighted by Crippen LogP contribution is -2.26. The minimum Gasteiger partial charge on any atom is -0.310 e. The molecule has 318 valence electrons. The zero-order valence-electron chi connectivity index (χ0n) is 37.0. The zero-order chi connectivity index (χ0) is 45.0. The second-order valence-corrected chi connectivity index (χ2v) is 17.5. The minimum atomic E-state index is -0.629. The Bertz CT molecular complexity index is 3600. The Morgan fingerprint density at radius 1 is 0.235 bits per heavy atom. The predicted octanol–water partition coefficient (Wildman–Crippen LogP) is 16.0. The molecule has 68 heavy (non-hydrogen) atoms. The van der Waals surface area contributed by atoms with Gasteiger partial charge >= 0.3 is 0 Å². The minimum absolute atomic E-state index is 0.629. The van der Waals surface area contributed by atoms with Gasteiger partial charge in [0.2, 0.25) is 0 Å². The smallest absolute Gasteiger partial charge is 0.164 e. The topological polar surface area (TPSA) is 41.9 Å². The summed E-state index contributed by atoms with van der Waals surface area (Å²) in [7, 11) is 0. The van der Waals surface area contributed by atoms with Gasteiger partial charge in [0.1, 0.15) is 0 Å². The van der Waals surface area contributed by atoms with Gasteiger partial charge in [0.25, 0.3) is 0 Å². The van der Waals surface area contributed by atoms with Gasteiger partial charge in [0, 0.05) is 33.8 Å². The number of anilines is 3. The molecule has 0 bridgehead atoms.